The molecule has 0 unspecified atom stereocenters. The van der Waals surface area contributed by atoms with Gasteiger partial charge in [0.2, 0.25) is 0 Å². The number of nitrogens with two attached hydrogens (primary N) is 5. The van der Waals surface area contributed by atoms with Gasteiger partial charge in [-0.05, 0) is 66.0 Å². The van der Waals surface area contributed by atoms with E-state index in [0.717, 1.165) is 18.2 Å². The Balaban J connectivity index is 0.000000203. The molecule has 19 heteroatoms. The smallest absolute Gasteiger partial charge is 0.296 e. The Morgan fingerprint density at radius 1 is 0.587 bits per heavy atom. The number of phenolic OH excluding ortho intramolecular Hbond substituents is 1. The molecule has 14 N–H and O–H groups in total. The van der Waals surface area contributed by atoms with Gasteiger partial charge in [-0.1, -0.05) is 12.1 Å². The standard InChI is InChI=1S/C10H10N2O7S2.C10H10N2O3S.C7H6N2/c11-6-3-5-4(1-7(6)20(14,15)16)2-8(21(17,18)19)9(12)10(5)13;11-9-3-4-10(12)8-5-6(16(13,14)15)1-2-7(8)9;8-5-6-2-1-3-7(9)4-6/h1-3,13H,11-12H2,(H,14,15,16)(H,17,18,19);1-5H,11-12H2,(H,13,14,15);1-4H,9H2. The monoisotopic (exact) mass is 690 g/mol. The van der Waals surface area contributed by atoms with Gasteiger partial charge in [0.1, 0.15) is 15.5 Å². The summed E-state index contributed by atoms with van der Waals surface area (Å²) in [4.78, 5) is -1.66. The van der Waals surface area contributed by atoms with Crippen molar-refractivity contribution >= 4 is 80.3 Å². The Labute approximate surface area is 262 Å². The van der Waals surface area contributed by atoms with E-state index in [2.05, 4.69) is 0 Å². The number of nitriles is 1. The Hall–Kier alpha value is -5.36. The molecule has 5 aromatic carbocycles. The van der Waals surface area contributed by atoms with Gasteiger partial charge in [0.25, 0.3) is 30.4 Å². The van der Waals surface area contributed by atoms with Crippen LogP contribution >= 0.6 is 0 Å². The minimum Gasteiger partial charge on any atom is -0.505 e. The number of nitrogens with zero attached hydrogens (tertiary/aromatic N) is 1. The Morgan fingerprint density at radius 2 is 1.15 bits per heavy atom. The molecule has 5 aromatic rings. The van der Waals surface area contributed by atoms with Crippen molar-refractivity contribution in [1.29, 1.82) is 5.26 Å². The summed E-state index contributed by atoms with van der Waals surface area (Å²) in [5.41, 5.74) is 28.9. The van der Waals surface area contributed by atoms with E-state index >= 15 is 0 Å². The number of fused-ring (bicyclic) bond motifs is 2. The lowest BCUT2D eigenvalue weighted by Crippen LogP contribution is -2.06. The minimum atomic E-state index is -4.73. The highest BCUT2D eigenvalue weighted by atomic mass is 32.2. The summed E-state index contributed by atoms with van der Waals surface area (Å²) in [5.74, 6) is -0.686. The van der Waals surface area contributed by atoms with Crippen LogP contribution in [0.15, 0.2) is 87.5 Å². The molecule has 0 saturated carbocycles. The van der Waals surface area contributed by atoms with E-state index in [1.165, 1.54) is 18.2 Å². The van der Waals surface area contributed by atoms with Crippen LogP contribution in [0.2, 0.25) is 0 Å². The maximum atomic E-state index is 11.2. The summed E-state index contributed by atoms with van der Waals surface area (Å²) < 4.78 is 93.5. The number of aromatic hydroxyl groups is 1. The van der Waals surface area contributed by atoms with Crippen molar-refractivity contribution < 1.29 is 44.0 Å². The molecule has 16 nitrogen and oxygen atoms in total. The van der Waals surface area contributed by atoms with Crippen molar-refractivity contribution in [2.24, 2.45) is 0 Å². The topological polar surface area (TPSA) is 337 Å². The second kappa shape index (κ2) is 12.9. The number of hydrogen-bond acceptors (Lipinski definition) is 13. The quantitative estimate of drug-likeness (QED) is 0.0746. The lowest BCUT2D eigenvalue weighted by molar-refractivity contribution is 0.473. The van der Waals surface area contributed by atoms with E-state index in [9.17, 15) is 30.4 Å². The zero-order valence-corrected chi connectivity index (χ0v) is 25.7. The van der Waals surface area contributed by atoms with Crippen LogP contribution in [-0.4, -0.2) is 44.0 Å². The molecule has 0 radical (unpaired) electrons. The molecule has 0 fully saturated rings. The van der Waals surface area contributed by atoms with E-state index in [4.69, 9.17) is 47.6 Å². The van der Waals surface area contributed by atoms with Crippen molar-refractivity contribution in [2.75, 3.05) is 28.7 Å². The van der Waals surface area contributed by atoms with Crippen LogP contribution in [0.25, 0.3) is 21.5 Å². The summed E-state index contributed by atoms with van der Waals surface area (Å²) in [6.45, 7) is 0. The largest absolute Gasteiger partial charge is 0.505 e. The molecule has 242 valence electrons. The first kappa shape index (κ1) is 35.1. The highest BCUT2D eigenvalue weighted by Crippen LogP contribution is 2.39. The lowest BCUT2D eigenvalue weighted by Gasteiger charge is -2.11. The molecule has 0 aliphatic heterocycles. The van der Waals surface area contributed by atoms with E-state index in [-0.39, 0.29) is 21.4 Å². The number of rotatable bonds is 3. The summed E-state index contributed by atoms with van der Waals surface area (Å²) in [6, 6.07) is 18.9. The molecule has 0 aliphatic rings. The molecule has 0 amide bonds. The molecule has 0 heterocycles. The molecule has 0 spiro atoms. The van der Waals surface area contributed by atoms with Crippen molar-refractivity contribution in [3.05, 3.63) is 78.4 Å². The maximum Gasteiger partial charge on any atom is 0.296 e. The van der Waals surface area contributed by atoms with Gasteiger partial charge in [-0.3, -0.25) is 13.7 Å². The van der Waals surface area contributed by atoms with Gasteiger partial charge in [0.15, 0.2) is 0 Å². The molecule has 0 aromatic heterocycles. The first-order valence-electron chi connectivity index (χ1n) is 12.3. The van der Waals surface area contributed by atoms with Gasteiger partial charge in [0, 0.05) is 33.2 Å². The number of anilines is 5. The van der Waals surface area contributed by atoms with Crippen molar-refractivity contribution in [3.63, 3.8) is 0 Å². The predicted octanol–water partition coefficient (Wildman–Crippen LogP) is 2.59. The van der Waals surface area contributed by atoms with E-state index < -0.39 is 51.6 Å². The van der Waals surface area contributed by atoms with Gasteiger partial charge in [-0.2, -0.15) is 30.5 Å². The van der Waals surface area contributed by atoms with Gasteiger partial charge >= 0.3 is 0 Å². The third kappa shape index (κ3) is 8.02. The zero-order chi connectivity index (χ0) is 34.8. The molecular formula is C27H26N6O10S3. The SMILES string of the molecule is N#Cc1cccc(N)c1.Nc1cc2c(O)c(N)c(S(=O)(=O)O)cc2cc1S(=O)(=O)O.Nc1ccc(N)c2cc(S(=O)(=O)O)ccc12. The molecule has 0 saturated heterocycles. The maximum absolute atomic E-state index is 11.2. The average Bonchev–Trinajstić information content (AvgIpc) is 2.96. The van der Waals surface area contributed by atoms with Crippen LogP contribution in [0.1, 0.15) is 5.56 Å². The zero-order valence-electron chi connectivity index (χ0n) is 23.2. The minimum absolute atomic E-state index is 0.0372. The van der Waals surface area contributed by atoms with Gasteiger partial charge in [-0.25, -0.2) is 0 Å². The molecule has 5 rings (SSSR count). The van der Waals surface area contributed by atoms with Crippen molar-refractivity contribution in [1.82, 2.24) is 0 Å². The highest BCUT2D eigenvalue weighted by molar-refractivity contribution is 7.86. The van der Waals surface area contributed by atoms with E-state index in [0.29, 0.717) is 33.4 Å². The fraction of sp³-hybridized carbons (Fsp3) is 0. The summed E-state index contributed by atoms with van der Waals surface area (Å²) >= 11 is 0. The Bertz CT molecular complexity index is 2370. The van der Waals surface area contributed by atoms with E-state index in [1.807, 2.05) is 6.07 Å². The van der Waals surface area contributed by atoms with Crippen LogP contribution in [0.4, 0.5) is 28.4 Å². The van der Waals surface area contributed by atoms with Gasteiger partial charge < -0.3 is 33.8 Å². The lowest BCUT2D eigenvalue weighted by atomic mass is 10.1. The fourth-order valence-corrected chi connectivity index (χ4v) is 5.79. The summed E-state index contributed by atoms with van der Waals surface area (Å²) in [7, 11) is -13.6. The van der Waals surface area contributed by atoms with Crippen molar-refractivity contribution in [2.45, 2.75) is 14.7 Å². The molecule has 0 atom stereocenters. The van der Waals surface area contributed by atoms with Crippen LogP contribution in [-0.2, 0) is 30.4 Å². The Kier molecular flexibility index (Phi) is 9.88. The first-order valence-corrected chi connectivity index (χ1v) is 16.6. The highest BCUT2D eigenvalue weighted by Gasteiger charge is 2.22. The number of phenols is 1. The van der Waals surface area contributed by atoms with Crippen LogP contribution < -0.4 is 28.7 Å². The van der Waals surface area contributed by atoms with E-state index in [1.54, 1.807) is 36.4 Å². The van der Waals surface area contributed by atoms with Gasteiger partial charge in [-0.15, -0.1) is 0 Å². The van der Waals surface area contributed by atoms with Crippen LogP contribution in [0, 0.1) is 11.3 Å². The second-order valence-corrected chi connectivity index (χ2v) is 13.6. The Morgan fingerprint density at radius 3 is 1.65 bits per heavy atom. The third-order valence-corrected chi connectivity index (χ3v) is 8.82. The molecular weight excluding hydrogens is 665 g/mol. The van der Waals surface area contributed by atoms with Crippen LogP contribution in [0.3, 0.4) is 0 Å². The predicted molar refractivity (Wildman–Crippen MR) is 172 cm³/mol. The molecule has 46 heavy (non-hydrogen) atoms. The third-order valence-electron chi connectivity index (χ3n) is 6.17. The summed E-state index contributed by atoms with van der Waals surface area (Å²) in [6.07, 6.45) is 0. The molecule has 0 aliphatic carbocycles. The first-order chi connectivity index (χ1) is 21.1. The van der Waals surface area contributed by atoms with Crippen LogP contribution in [0.5, 0.6) is 5.75 Å². The summed E-state index contributed by atoms with van der Waals surface area (Å²) in [5, 5.41) is 19.2. The second-order valence-electron chi connectivity index (χ2n) is 9.36. The number of hydrogen-bond donors (Lipinski definition) is 9. The normalized spacial score (nSPS) is 11.5. The van der Waals surface area contributed by atoms with Crippen molar-refractivity contribution in [3.8, 4) is 11.8 Å². The average molecular weight is 691 g/mol. The number of nitrogen functional groups attached to an aromatic ring is 5. The van der Waals surface area contributed by atoms with Gasteiger partial charge in [0.05, 0.1) is 27.9 Å². The fourth-order valence-electron chi connectivity index (χ4n) is 4.00. The molecule has 0 bridgehead atoms. The number of benzene rings is 5.